The van der Waals surface area contributed by atoms with E-state index < -0.39 is 35.2 Å². The van der Waals surface area contributed by atoms with Crippen LogP contribution in [0.5, 0.6) is 5.75 Å². The fourth-order valence-corrected chi connectivity index (χ4v) is 4.35. The lowest BCUT2D eigenvalue weighted by Crippen LogP contribution is -2.29. The molecular weight excluding hydrogens is 451 g/mol. The van der Waals surface area contributed by atoms with Crippen LogP contribution < -0.4 is 9.64 Å². The van der Waals surface area contributed by atoms with E-state index in [2.05, 4.69) is 0 Å². The van der Waals surface area contributed by atoms with E-state index >= 15 is 0 Å². The highest BCUT2D eigenvalue weighted by molar-refractivity contribution is 6.51. The number of halogens is 3. The van der Waals surface area contributed by atoms with Gasteiger partial charge in [-0.25, -0.2) is 0 Å². The van der Waals surface area contributed by atoms with E-state index in [-0.39, 0.29) is 23.1 Å². The lowest BCUT2D eigenvalue weighted by Gasteiger charge is -2.23. The SMILES string of the molecule is CC1Cc2cc(/C(O)=C3/C(=O)C(=O)N(c4ccc(C(F)(F)F)cc4)C3c3ccco3)ccc2O1. The molecule has 2 unspecified atom stereocenters. The summed E-state index contributed by atoms with van der Waals surface area (Å²) in [5.74, 6) is -1.50. The number of fused-ring (bicyclic) bond motifs is 1. The summed E-state index contributed by atoms with van der Waals surface area (Å²) in [7, 11) is 0. The number of hydrogen-bond acceptors (Lipinski definition) is 5. The number of rotatable bonds is 3. The number of aliphatic hydroxyl groups excluding tert-OH is 1. The molecule has 9 heteroatoms. The number of hydrogen-bond donors (Lipinski definition) is 1. The summed E-state index contributed by atoms with van der Waals surface area (Å²) in [6.07, 6.45) is -2.61. The van der Waals surface area contributed by atoms with Gasteiger partial charge in [-0.2, -0.15) is 13.2 Å². The molecule has 1 amide bonds. The predicted molar refractivity (Wildman–Crippen MR) is 115 cm³/mol. The standard InChI is InChI=1S/C25H18F3NO5/c1-13-11-15-12-14(4-9-18(15)34-13)22(30)20-21(19-3-2-10-33-19)29(24(32)23(20)31)17-7-5-16(6-8-17)25(26,27)28/h2-10,12-13,21,30H,11H2,1H3/b22-20-. The molecule has 0 radical (unpaired) electrons. The van der Waals surface area contributed by atoms with Crippen LogP contribution in [0.2, 0.25) is 0 Å². The van der Waals surface area contributed by atoms with Gasteiger partial charge in [0.2, 0.25) is 0 Å². The zero-order valence-electron chi connectivity index (χ0n) is 17.8. The van der Waals surface area contributed by atoms with Crippen molar-refractivity contribution in [3.8, 4) is 5.75 Å². The van der Waals surface area contributed by atoms with E-state index in [9.17, 15) is 27.9 Å². The highest BCUT2D eigenvalue weighted by Crippen LogP contribution is 2.43. The summed E-state index contributed by atoms with van der Waals surface area (Å²) >= 11 is 0. The van der Waals surface area contributed by atoms with Gasteiger partial charge < -0.3 is 14.3 Å². The maximum atomic E-state index is 13.1. The molecule has 1 N–H and O–H groups in total. The number of amides is 1. The molecule has 1 saturated heterocycles. The highest BCUT2D eigenvalue weighted by atomic mass is 19.4. The largest absolute Gasteiger partial charge is 0.507 e. The van der Waals surface area contributed by atoms with E-state index in [0.717, 1.165) is 34.7 Å². The molecule has 0 bridgehead atoms. The molecule has 34 heavy (non-hydrogen) atoms. The molecule has 2 aliphatic heterocycles. The van der Waals surface area contributed by atoms with Crippen molar-refractivity contribution in [3.63, 3.8) is 0 Å². The Hall–Kier alpha value is -4.01. The number of carbonyl (C=O) groups excluding carboxylic acids is 2. The summed E-state index contributed by atoms with van der Waals surface area (Å²) in [6, 6.07) is 10.8. The van der Waals surface area contributed by atoms with Crippen molar-refractivity contribution in [2.45, 2.75) is 31.7 Å². The first-order valence-electron chi connectivity index (χ1n) is 10.5. The summed E-state index contributed by atoms with van der Waals surface area (Å²) in [4.78, 5) is 27.1. The lowest BCUT2D eigenvalue weighted by molar-refractivity contribution is -0.137. The third kappa shape index (κ3) is 3.53. The van der Waals surface area contributed by atoms with Gasteiger partial charge in [-0.05, 0) is 67.1 Å². The minimum Gasteiger partial charge on any atom is -0.507 e. The number of Topliss-reactive ketones (excluding diaryl/α,β-unsaturated/α-hetero) is 1. The van der Waals surface area contributed by atoms with Crippen LogP contribution >= 0.6 is 0 Å². The van der Waals surface area contributed by atoms with Gasteiger partial charge in [0.05, 0.1) is 17.4 Å². The minimum absolute atomic E-state index is 0.0271. The van der Waals surface area contributed by atoms with Crippen molar-refractivity contribution >= 4 is 23.1 Å². The second-order valence-corrected chi connectivity index (χ2v) is 8.18. The van der Waals surface area contributed by atoms with Crippen molar-refractivity contribution in [3.05, 3.63) is 88.9 Å². The van der Waals surface area contributed by atoms with Crippen molar-refractivity contribution in [1.29, 1.82) is 0 Å². The third-order valence-corrected chi connectivity index (χ3v) is 5.90. The highest BCUT2D eigenvalue weighted by Gasteiger charge is 2.48. The van der Waals surface area contributed by atoms with E-state index in [4.69, 9.17) is 9.15 Å². The predicted octanol–water partition coefficient (Wildman–Crippen LogP) is 5.25. The first kappa shape index (κ1) is 21.8. The summed E-state index contributed by atoms with van der Waals surface area (Å²) < 4.78 is 50.2. The number of carbonyl (C=O) groups is 2. The van der Waals surface area contributed by atoms with Crippen molar-refractivity contribution < 1.29 is 37.0 Å². The van der Waals surface area contributed by atoms with Gasteiger partial charge in [-0.15, -0.1) is 0 Å². The van der Waals surface area contributed by atoms with Gasteiger partial charge in [0.15, 0.2) is 0 Å². The zero-order valence-corrected chi connectivity index (χ0v) is 17.8. The van der Waals surface area contributed by atoms with Crippen LogP contribution in [-0.2, 0) is 22.2 Å². The molecule has 174 valence electrons. The van der Waals surface area contributed by atoms with Gasteiger partial charge in [0.25, 0.3) is 11.7 Å². The number of anilines is 1. The molecule has 3 heterocycles. The number of alkyl halides is 3. The number of aliphatic hydroxyl groups is 1. The van der Waals surface area contributed by atoms with E-state index in [1.807, 2.05) is 6.92 Å². The van der Waals surface area contributed by atoms with Crippen LogP contribution in [0, 0.1) is 0 Å². The normalized spacial score (nSPS) is 21.6. The molecule has 0 saturated carbocycles. The van der Waals surface area contributed by atoms with Gasteiger partial charge >= 0.3 is 6.18 Å². The molecule has 0 aliphatic carbocycles. The maximum absolute atomic E-state index is 13.1. The van der Waals surface area contributed by atoms with Crippen molar-refractivity contribution in [2.24, 2.45) is 0 Å². The maximum Gasteiger partial charge on any atom is 0.416 e. The molecule has 0 spiro atoms. The van der Waals surface area contributed by atoms with Gasteiger partial charge in [0.1, 0.15) is 29.4 Å². The average molecular weight is 469 g/mol. The Morgan fingerprint density at radius 1 is 1.09 bits per heavy atom. The van der Waals surface area contributed by atoms with Crippen LogP contribution in [-0.4, -0.2) is 22.9 Å². The summed E-state index contributed by atoms with van der Waals surface area (Å²) in [6.45, 7) is 1.91. The molecular formula is C25H18F3NO5. The second-order valence-electron chi connectivity index (χ2n) is 8.18. The molecule has 2 aromatic carbocycles. The van der Waals surface area contributed by atoms with Crippen LogP contribution in [0.15, 0.2) is 70.9 Å². The number of ether oxygens (including phenoxy) is 1. The van der Waals surface area contributed by atoms with E-state index in [1.165, 1.54) is 12.3 Å². The fourth-order valence-electron chi connectivity index (χ4n) is 4.35. The number of benzene rings is 2. The Kier molecular flexibility index (Phi) is 5.00. The van der Waals surface area contributed by atoms with Crippen molar-refractivity contribution in [2.75, 3.05) is 4.90 Å². The molecule has 5 rings (SSSR count). The molecule has 3 aromatic rings. The lowest BCUT2D eigenvalue weighted by atomic mass is 9.97. The van der Waals surface area contributed by atoms with Crippen molar-refractivity contribution in [1.82, 2.24) is 0 Å². The van der Waals surface area contributed by atoms with Crippen LogP contribution in [0.1, 0.15) is 35.4 Å². The van der Waals surface area contributed by atoms with E-state index in [0.29, 0.717) is 17.7 Å². The molecule has 1 fully saturated rings. The Balaban J connectivity index is 1.63. The average Bonchev–Trinajstić information content (AvgIpc) is 3.50. The molecule has 1 aromatic heterocycles. The quantitative estimate of drug-likeness (QED) is 0.322. The Morgan fingerprint density at radius 3 is 2.47 bits per heavy atom. The smallest absolute Gasteiger partial charge is 0.416 e. The summed E-state index contributed by atoms with van der Waals surface area (Å²) in [5.41, 5.74) is 0.122. The third-order valence-electron chi connectivity index (χ3n) is 5.90. The molecule has 2 aliphatic rings. The number of nitrogens with zero attached hydrogens (tertiary/aromatic N) is 1. The number of ketones is 1. The van der Waals surface area contributed by atoms with Gasteiger partial charge in [-0.1, -0.05) is 0 Å². The Bertz CT molecular complexity index is 1310. The topological polar surface area (TPSA) is 80.0 Å². The Morgan fingerprint density at radius 2 is 1.82 bits per heavy atom. The first-order chi connectivity index (χ1) is 16.1. The first-order valence-corrected chi connectivity index (χ1v) is 10.5. The van der Waals surface area contributed by atoms with Crippen LogP contribution in [0.3, 0.4) is 0 Å². The fraction of sp³-hybridized carbons (Fsp3) is 0.200. The summed E-state index contributed by atoms with van der Waals surface area (Å²) in [5, 5.41) is 11.1. The monoisotopic (exact) mass is 469 g/mol. The van der Waals surface area contributed by atoms with Gasteiger partial charge in [0, 0.05) is 17.7 Å². The molecule has 6 nitrogen and oxygen atoms in total. The molecule has 2 atom stereocenters. The zero-order chi connectivity index (χ0) is 24.2. The Labute approximate surface area is 191 Å². The van der Waals surface area contributed by atoms with Crippen LogP contribution in [0.4, 0.5) is 18.9 Å². The minimum atomic E-state index is -4.55. The second kappa shape index (κ2) is 7.79. The van der Waals surface area contributed by atoms with E-state index in [1.54, 1.807) is 24.3 Å². The van der Waals surface area contributed by atoms with Crippen LogP contribution in [0.25, 0.3) is 5.76 Å². The van der Waals surface area contributed by atoms with Gasteiger partial charge in [-0.3, -0.25) is 14.5 Å². The number of furan rings is 1.